The van der Waals surface area contributed by atoms with E-state index >= 15 is 0 Å². The van der Waals surface area contributed by atoms with Crippen LogP contribution in [0.25, 0.3) is 0 Å². The summed E-state index contributed by atoms with van der Waals surface area (Å²) in [6.07, 6.45) is 14.3. The molecule has 10 N–H and O–H groups in total. The van der Waals surface area contributed by atoms with Crippen LogP contribution in [0.2, 0.25) is 0 Å². The zero-order chi connectivity index (χ0) is 45.7. The van der Waals surface area contributed by atoms with Crippen molar-refractivity contribution in [3.05, 3.63) is 0 Å². The lowest BCUT2D eigenvalue weighted by Gasteiger charge is -2.26. The van der Waals surface area contributed by atoms with Crippen molar-refractivity contribution >= 4 is 41.8 Å². The van der Waals surface area contributed by atoms with Crippen molar-refractivity contribution in [2.45, 2.75) is 181 Å². The van der Waals surface area contributed by atoms with E-state index in [0.29, 0.717) is 50.9 Å². The van der Waals surface area contributed by atoms with Gasteiger partial charge >= 0.3 is 18.2 Å². The Morgan fingerprint density at radius 3 is 1.63 bits per heavy atom. The maximum atomic E-state index is 12.5. The van der Waals surface area contributed by atoms with E-state index in [1.807, 2.05) is 0 Å². The average molecular weight is 879 g/mol. The number of unbranched alkanes of at least 4 members (excludes halogenated alkanes) is 6. The number of ether oxygens (including phenoxy) is 2. The summed E-state index contributed by atoms with van der Waals surface area (Å²) >= 11 is 0. The van der Waals surface area contributed by atoms with Gasteiger partial charge in [-0.2, -0.15) is 0 Å². The van der Waals surface area contributed by atoms with Crippen molar-refractivity contribution in [3.8, 4) is 0 Å². The van der Waals surface area contributed by atoms with E-state index in [9.17, 15) is 33.9 Å². The first kappa shape index (κ1) is 53.8. The number of guanidine groups is 1. The molecule has 0 radical (unpaired) electrons. The number of nitrogens with zero attached hydrogens (tertiary/aromatic N) is 1. The molecule has 2 saturated carbocycles. The van der Waals surface area contributed by atoms with Crippen LogP contribution < -0.4 is 38.1 Å². The molecule has 0 spiro atoms. The second-order valence-electron chi connectivity index (χ2n) is 17.3. The Morgan fingerprint density at radius 1 is 0.597 bits per heavy atom. The highest BCUT2D eigenvalue weighted by Crippen LogP contribution is 2.39. The predicted octanol–water partition coefficient (Wildman–Crippen LogP) is 5.63. The van der Waals surface area contributed by atoms with Gasteiger partial charge in [-0.15, -0.1) is 0 Å². The SMILES string of the molecule is CCC(CC)CC1C(N=C(N)N)CC[C@H]1OC(=O)NCCCCCCNC(=O)CNC(=O)CCCC(=O)NCCCCCCNC(=O)O[C@H]1[C@@H](CC(CC)CC)CC[C@@H]1C(=O)O. The van der Waals surface area contributed by atoms with Gasteiger partial charge in [0.15, 0.2) is 5.96 Å². The molecule has 17 nitrogen and oxygen atoms in total. The Bertz CT molecular complexity index is 1370. The number of hydrogen-bond donors (Lipinski definition) is 8. The van der Waals surface area contributed by atoms with Crippen molar-refractivity contribution in [1.29, 1.82) is 0 Å². The first-order valence-electron chi connectivity index (χ1n) is 23.8. The van der Waals surface area contributed by atoms with Gasteiger partial charge in [-0.1, -0.05) is 79.1 Å². The number of carboxylic acids is 1. The molecule has 6 atom stereocenters. The van der Waals surface area contributed by atoms with E-state index in [4.69, 9.17) is 20.9 Å². The fourth-order valence-electron chi connectivity index (χ4n) is 8.84. The van der Waals surface area contributed by atoms with Crippen LogP contribution in [0, 0.1) is 29.6 Å². The van der Waals surface area contributed by atoms with Crippen molar-refractivity contribution < 1.29 is 43.3 Å². The van der Waals surface area contributed by atoms with Crippen LogP contribution in [0.3, 0.4) is 0 Å². The molecule has 17 heteroatoms. The standard InChI is InChI=1S/C45H82N8O9/c1-5-31(6-2)28-33-20-21-34(42(57)58)41(33)62-45(60)51-27-16-11-9-13-24-48-38(54)18-17-19-39(55)52-30-40(56)49-25-14-10-12-15-26-50-44(59)61-37-23-22-36(53-43(46)47)35(37)29-32(7-3)8-4/h31-37,41H,5-30H2,1-4H3,(H,48,54)(H,49,56)(H,50,59)(H,51,60)(H,52,55)(H,57,58)(H4,46,47,53)/t33-,34+,35?,36?,37-,41+/m1/s1. The average Bonchev–Trinajstić information content (AvgIpc) is 3.81. The van der Waals surface area contributed by atoms with Gasteiger partial charge in [-0.25, -0.2) is 14.6 Å². The highest BCUT2D eigenvalue weighted by atomic mass is 16.6. The molecule has 0 aliphatic heterocycles. The van der Waals surface area contributed by atoms with E-state index in [2.05, 4.69) is 59.3 Å². The summed E-state index contributed by atoms with van der Waals surface area (Å²) in [5, 5.41) is 23.5. The Balaban J connectivity index is 1.43. The number of alkyl carbamates (subject to hydrolysis) is 2. The second-order valence-corrected chi connectivity index (χ2v) is 17.3. The number of amides is 5. The quantitative estimate of drug-likeness (QED) is 0.0233. The largest absolute Gasteiger partial charge is 0.481 e. The molecule has 356 valence electrons. The van der Waals surface area contributed by atoms with Crippen LogP contribution in [0.4, 0.5) is 9.59 Å². The molecular formula is C45H82N8O9. The summed E-state index contributed by atoms with van der Waals surface area (Å²) in [5.41, 5.74) is 11.3. The Kier molecular flexibility index (Phi) is 27.4. The minimum absolute atomic E-state index is 0.0295. The fourth-order valence-corrected chi connectivity index (χ4v) is 8.84. The van der Waals surface area contributed by atoms with Gasteiger partial charge in [0.2, 0.25) is 17.7 Å². The van der Waals surface area contributed by atoms with E-state index < -0.39 is 30.2 Å². The van der Waals surface area contributed by atoms with Crippen molar-refractivity contribution in [2.24, 2.45) is 46.0 Å². The Hall–Kier alpha value is -4.31. The lowest BCUT2D eigenvalue weighted by molar-refractivity contribution is -0.145. The van der Waals surface area contributed by atoms with Gasteiger partial charge in [0.1, 0.15) is 12.2 Å². The van der Waals surface area contributed by atoms with E-state index in [1.54, 1.807) is 0 Å². The molecule has 2 unspecified atom stereocenters. The number of nitrogens with two attached hydrogens (primary N) is 2. The summed E-state index contributed by atoms with van der Waals surface area (Å²) in [6, 6.07) is -0.0295. The minimum Gasteiger partial charge on any atom is -0.481 e. The number of aliphatic carboxylic acids is 1. The van der Waals surface area contributed by atoms with Gasteiger partial charge in [-0.05, 0) is 88.4 Å². The number of hydrogen-bond acceptors (Lipinski definition) is 9. The maximum absolute atomic E-state index is 12.5. The number of nitrogens with one attached hydrogen (secondary N) is 5. The molecule has 0 saturated heterocycles. The molecule has 0 heterocycles. The van der Waals surface area contributed by atoms with Crippen LogP contribution in [-0.2, 0) is 28.7 Å². The smallest absolute Gasteiger partial charge is 0.407 e. The molecule has 0 bridgehead atoms. The molecule has 0 aromatic carbocycles. The second kappa shape index (κ2) is 31.5. The summed E-state index contributed by atoms with van der Waals surface area (Å²) in [4.78, 5) is 77.8. The summed E-state index contributed by atoms with van der Waals surface area (Å²) in [7, 11) is 0. The van der Waals surface area contributed by atoms with Gasteiger partial charge in [0.05, 0.1) is 18.5 Å². The maximum Gasteiger partial charge on any atom is 0.407 e. The van der Waals surface area contributed by atoms with Gasteiger partial charge < -0.3 is 52.6 Å². The van der Waals surface area contributed by atoms with E-state index in [1.165, 1.54) is 0 Å². The predicted molar refractivity (Wildman–Crippen MR) is 240 cm³/mol. The number of rotatable bonds is 32. The zero-order valence-electron chi connectivity index (χ0n) is 38.3. The lowest BCUT2D eigenvalue weighted by atomic mass is 9.86. The zero-order valence-corrected chi connectivity index (χ0v) is 38.3. The first-order chi connectivity index (χ1) is 29.8. The van der Waals surface area contributed by atoms with Crippen molar-refractivity contribution in [3.63, 3.8) is 0 Å². The summed E-state index contributed by atoms with van der Waals surface area (Å²) < 4.78 is 11.5. The van der Waals surface area contributed by atoms with Crippen LogP contribution >= 0.6 is 0 Å². The highest BCUT2D eigenvalue weighted by Gasteiger charge is 2.43. The molecule has 0 aromatic heterocycles. The van der Waals surface area contributed by atoms with Crippen molar-refractivity contribution in [2.75, 3.05) is 32.7 Å². The van der Waals surface area contributed by atoms with Gasteiger partial charge in [0, 0.05) is 44.9 Å². The van der Waals surface area contributed by atoms with Gasteiger partial charge in [0.25, 0.3) is 0 Å². The van der Waals surface area contributed by atoms with Crippen molar-refractivity contribution in [1.82, 2.24) is 26.6 Å². The molecule has 2 rings (SSSR count). The molecule has 2 fully saturated rings. The minimum atomic E-state index is -0.907. The number of carbonyl (C=O) groups is 6. The van der Waals surface area contributed by atoms with Crippen LogP contribution in [0.1, 0.15) is 163 Å². The van der Waals surface area contributed by atoms with E-state index in [-0.39, 0.29) is 67.0 Å². The third-order valence-corrected chi connectivity index (χ3v) is 12.8. The summed E-state index contributed by atoms with van der Waals surface area (Å²) in [5.74, 6) is -0.980. The molecule has 2 aliphatic rings. The fraction of sp³-hybridized carbons (Fsp3) is 0.844. The van der Waals surface area contributed by atoms with Crippen LogP contribution in [0.5, 0.6) is 0 Å². The topological polar surface area (TPSA) is 266 Å². The molecule has 0 aromatic rings. The molecule has 2 aliphatic carbocycles. The summed E-state index contributed by atoms with van der Waals surface area (Å²) in [6.45, 7) is 10.4. The van der Waals surface area contributed by atoms with Gasteiger partial charge in [-0.3, -0.25) is 19.2 Å². The Labute approximate surface area is 370 Å². The molecule has 62 heavy (non-hydrogen) atoms. The monoisotopic (exact) mass is 879 g/mol. The highest BCUT2D eigenvalue weighted by molar-refractivity contribution is 5.85. The first-order valence-corrected chi connectivity index (χ1v) is 23.8. The number of carbonyl (C=O) groups excluding carboxylic acids is 5. The lowest BCUT2D eigenvalue weighted by Crippen LogP contribution is -2.37. The normalized spacial score (nSPS) is 20.7. The van der Waals surface area contributed by atoms with E-state index in [0.717, 1.165) is 109 Å². The Morgan fingerprint density at radius 2 is 1.10 bits per heavy atom. The number of aliphatic imine (C=N–C) groups is 1. The third-order valence-electron chi connectivity index (χ3n) is 12.8. The van der Waals surface area contributed by atoms with Crippen LogP contribution in [0.15, 0.2) is 4.99 Å². The molecule has 5 amide bonds. The van der Waals surface area contributed by atoms with Crippen LogP contribution in [-0.4, -0.2) is 97.9 Å². The number of carboxylic acid groups (broad SMARTS) is 1. The third kappa shape index (κ3) is 22.2. The molecular weight excluding hydrogens is 797 g/mol.